The Morgan fingerprint density at radius 1 is 0.440 bits per heavy atom. The van der Waals surface area contributed by atoms with E-state index < -0.39 is 7.92 Å². The summed E-state index contributed by atoms with van der Waals surface area (Å²) in [5, 5.41) is 3.81. The molecular weight excluding hydrogens is 331 g/mol. The minimum absolute atomic E-state index is 0.665. The van der Waals surface area contributed by atoms with Crippen LogP contribution in [0.5, 0.6) is 17.2 Å². The average molecular weight is 352 g/mol. The first-order valence-corrected chi connectivity index (χ1v) is 9.31. The lowest BCUT2D eigenvalue weighted by molar-refractivity contribution is 0.415. The molecule has 0 saturated carbocycles. The first-order valence-electron chi connectivity index (χ1n) is 7.97. The first kappa shape index (κ1) is 17.3. The smallest absolute Gasteiger partial charge is 0.246 e. The molecule has 0 spiro atoms. The summed E-state index contributed by atoms with van der Waals surface area (Å²) < 4.78 is 15.9. The van der Waals surface area contributed by atoms with Crippen molar-refractivity contribution in [1.29, 1.82) is 0 Å². The minimum atomic E-state index is -0.665. The summed E-state index contributed by atoms with van der Waals surface area (Å²) in [6, 6.07) is 24.9. The Morgan fingerprint density at radius 2 is 0.680 bits per heavy atom. The molecular formula is C21H21O3P+. The molecule has 0 saturated heterocycles. The standard InChI is InChI=1S/C21H21O3P/c1-22-16-4-10-19(11-5-16)25(20-12-6-17(23-2)7-13-20)21-14-8-18(24-3)9-15-21/h4-15H,1-3H3/q+1. The zero-order valence-electron chi connectivity index (χ0n) is 14.6. The zero-order valence-corrected chi connectivity index (χ0v) is 15.5. The van der Waals surface area contributed by atoms with E-state index in [4.69, 9.17) is 14.2 Å². The molecule has 0 unspecified atom stereocenters. The van der Waals surface area contributed by atoms with Gasteiger partial charge in [0.1, 0.15) is 33.2 Å². The van der Waals surface area contributed by atoms with Crippen LogP contribution in [0, 0.1) is 0 Å². The van der Waals surface area contributed by atoms with Gasteiger partial charge >= 0.3 is 0 Å². The lowest BCUT2D eigenvalue weighted by Crippen LogP contribution is -2.20. The highest BCUT2D eigenvalue weighted by Crippen LogP contribution is 2.34. The maximum Gasteiger partial charge on any atom is 0.246 e. The lowest BCUT2D eigenvalue weighted by Gasteiger charge is -2.08. The van der Waals surface area contributed by atoms with Crippen molar-refractivity contribution in [2.24, 2.45) is 0 Å². The fourth-order valence-corrected chi connectivity index (χ4v) is 4.88. The summed E-state index contributed by atoms with van der Waals surface area (Å²) in [6.07, 6.45) is 0. The largest absolute Gasteiger partial charge is 0.497 e. The quantitative estimate of drug-likeness (QED) is 0.636. The van der Waals surface area contributed by atoms with Gasteiger partial charge in [0, 0.05) is 0 Å². The Kier molecular flexibility index (Phi) is 5.57. The molecule has 4 heteroatoms. The van der Waals surface area contributed by atoms with E-state index in [0.717, 1.165) is 17.2 Å². The van der Waals surface area contributed by atoms with Gasteiger partial charge in [-0.1, -0.05) is 0 Å². The van der Waals surface area contributed by atoms with Gasteiger partial charge in [-0.3, -0.25) is 0 Å². The maximum atomic E-state index is 5.30. The third-order valence-corrected chi connectivity index (χ3v) is 6.44. The van der Waals surface area contributed by atoms with Gasteiger partial charge in [-0.05, 0) is 72.8 Å². The topological polar surface area (TPSA) is 27.7 Å². The van der Waals surface area contributed by atoms with Crippen LogP contribution in [0.15, 0.2) is 72.8 Å². The second-order valence-corrected chi connectivity index (χ2v) is 7.65. The summed E-state index contributed by atoms with van der Waals surface area (Å²) in [5.41, 5.74) is 0. The van der Waals surface area contributed by atoms with Gasteiger partial charge in [0.05, 0.1) is 21.3 Å². The summed E-state index contributed by atoms with van der Waals surface area (Å²) in [6.45, 7) is 0. The van der Waals surface area contributed by atoms with Gasteiger partial charge in [0.2, 0.25) is 7.92 Å². The molecule has 25 heavy (non-hydrogen) atoms. The van der Waals surface area contributed by atoms with Crippen LogP contribution in [0.2, 0.25) is 0 Å². The van der Waals surface area contributed by atoms with E-state index >= 15 is 0 Å². The van der Waals surface area contributed by atoms with Crippen LogP contribution in [0.4, 0.5) is 0 Å². The molecule has 0 amide bonds. The number of methoxy groups -OCH3 is 3. The van der Waals surface area contributed by atoms with Crippen molar-refractivity contribution >= 4 is 23.8 Å². The molecule has 3 rings (SSSR count). The molecule has 0 heterocycles. The first-order chi connectivity index (χ1) is 12.2. The molecule has 0 fully saturated rings. The molecule has 3 nitrogen and oxygen atoms in total. The lowest BCUT2D eigenvalue weighted by atomic mass is 10.3. The van der Waals surface area contributed by atoms with Crippen molar-refractivity contribution in [3.8, 4) is 17.2 Å². The van der Waals surface area contributed by atoms with Crippen LogP contribution in [-0.4, -0.2) is 21.3 Å². The van der Waals surface area contributed by atoms with E-state index in [0.29, 0.717) is 0 Å². The second-order valence-electron chi connectivity index (χ2n) is 5.43. The normalized spacial score (nSPS) is 10.6. The summed E-state index contributed by atoms with van der Waals surface area (Å²) in [7, 11) is 4.39. The fraction of sp³-hybridized carbons (Fsp3) is 0.143. The number of hydrogen-bond donors (Lipinski definition) is 0. The zero-order chi connectivity index (χ0) is 17.6. The molecule has 3 aromatic carbocycles. The van der Waals surface area contributed by atoms with Gasteiger partial charge in [-0.2, -0.15) is 0 Å². The summed E-state index contributed by atoms with van der Waals surface area (Å²) >= 11 is 0. The van der Waals surface area contributed by atoms with E-state index in [1.807, 2.05) is 36.4 Å². The summed E-state index contributed by atoms with van der Waals surface area (Å²) in [5.74, 6) is 2.59. The Balaban J connectivity index is 2.04. The molecule has 127 valence electrons. The number of rotatable bonds is 6. The molecule has 0 bridgehead atoms. The van der Waals surface area contributed by atoms with Crippen LogP contribution >= 0.6 is 7.92 Å². The van der Waals surface area contributed by atoms with Gasteiger partial charge in [0.25, 0.3) is 0 Å². The minimum Gasteiger partial charge on any atom is -0.497 e. The average Bonchev–Trinajstić information content (AvgIpc) is 2.70. The van der Waals surface area contributed by atoms with Crippen molar-refractivity contribution in [1.82, 2.24) is 0 Å². The van der Waals surface area contributed by atoms with E-state index in [2.05, 4.69) is 36.4 Å². The Morgan fingerprint density at radius 3 is 0.880 bits per heavy atom. The van der Waals surface area contributed by atoms with Crippen molar-refractivity contribution in [2.45, 2.75) is 0 Å². The predicted molar refractivity (Wildman–Crippen MR) is 105 cm³/mol. The van der Waals surface area contributed by atoms with Crippen molar-refractivity contribution < 1.29 is 14.2 Å². The molecule has 0 atom stereocenters. The Labute approximate surface area is 149 Å². The highest BCUT2D eigenvalue weighted by atomic mass is 31.1. The third-order valence-electron chi connectivity index (χ3n) is 3.99. The maximum absolute atomic E-state index is 5.30. The number of benzene rings is 3. The highest BCUT2D eigenvalue weighted by molar-refractivity contribution is 7.79. The van der Waals surface area contributed by atoms with Crippen LogP contribution in [0.3, 0.4) is 0 Å². The molecule has 1 radical (unpaired) electrons. The van der Waals surface area contributed by atoms with Crippen LogP contribution in [-0.2, 0) is 0 Å². The Bertz CT molecular complexity index is 683. The fourth-order valence-electron chi connectivity index (χ4n) is 2.64. The van der Waals surface area contributed by atoms with Crippen molar-refractivity contribution in [2.75, 3.05) is 21.3 Å². The van der Waals surface area contributed by atoms with Gasteiger partial charge in [-0.25, -0.2) is 0 Å². The van der Waals surface area contributed by atoms with E-state index in [1.165, 1.54) is 15.9 Å². The van der Waals surface area contributed by atoms with Crippen LogP contribution < -0.4 is 30.1 Å². The number of hydrogen-bond acceptors (Lipinski definition) is 3. The van der Waals surface area contributed by atoms with Gasteiger partial charge in [0.15, 0.2) is 0 Å². The SMILES string of the molecule is COc1ccc([P+](c2ccc(OC)cc2)c2ccc(OC)cc2)cc1. The van der Waals surface area contributed by atoms with Gasteiger partial charge in [-0.15, -0.1) is 0 Å². The molecule has 0 aromatic heterocycles. The monoisotopic (exact) mass is 352 g/mol. The molecule has 0 N–H and O–H groups in total. The van der Waals surface area contributed by atoms with Crippen molar-refractivity contribution in [3.63, 3.8) is 0 Å². The highest BCUT2D eigenvalue weighted by Gasteiger charge is 2.31. The molecule has 0 aliphatic carbocycles. The van der Waals surface area contributed by atoms with Crippen LogP contribution in [0.25, 0.3) is 0 Å². The van der Waals surface area contributed by atoms with E-state index in [1.54, 1.807) is 21.3 Å². The second kappa shape index (κ2) is 8.04. The Hall–Kier alpha value is -2.51. The molecule has 0 aliphatic rings. The van der Waals surface area contributed by atoms with Crippen molar-refractivity contribution in [3.05, 3.63) is 72.8 Å². The van der Waals surface area contributed by atoms with E-state index in [9.17, 15) is 0 Å². The third kappa shape index (κ3) is 3.94. The number of ether oxygens (including phenoxy) is 3. The molecule has 3 aromatic rings. The summed E-state index contributed by atoms with van der Waals surface area (Å²) in [4.78, 5) is 0. The van der Waals surface area contributed by atoms with Crippen LogP contribution in [0.1, 0.15) is 0 Å². The predicted octanol–water partition coefficient (Wildman–Crippen LogP) is 3.47. The molecule has 0 aliphatic heterocycles. The van der Waals surface area contributed by atoms with Gasteiger partial charge < -0.3 is 14.2 Å². The van der Waals surface area contributed by atoms with E-state index in [-0.39, 0.29) is 0 Å².